The molecule has 0 saturated carbocycles. The van der Waals surface area contributed by atoms with Crippen LogP contribution in [0.1, 0.15) is 101 Å². The summed E-state index contributed by atoms with van der Waals surface area (Å²) in [6, 6.07) is 21.5. The lowest BCUT2D eigenvalue weighted by molar-refractivity contribution is -0.130. The van der Waals surface area contributed by atoms with Crippen molar-refractivity contribution in [1.29, 1.82) is 0 Å². The molecule has 1 aromatic heterocycles. The molecule has 61 heavy (non-hydrogen) atoms. The third kappa shape index (κ3) is 16.4. The zero-order chi connectivity index (χ0) is 44.7. The van der Waals surface area contributed by atoms with E-state index in [4.69, 9.17) is 4.74 Å². The van der Waals surface area contributed by atoms with Gasteiger partial charge in [0, 0.05) is 96.4 Å². The van der Waals surface area contributed by atoms with E-state index in [1.807, 2.05) is 93.4 Å². The Hall–Kier alpha value is -4.46. The average molecular weight is 861 g/mol. The second-order valence-electron chi connectivity index (χ2n) is 18.8. The van der Waals surface area contributed by atoms with Crippen molar-refractivity contribution in [3.05, 3.63) is 76.5 Å². The number of likely N-dealkylation sites (tertiary alicyclic amines) is 1. The molecule has 1 aliphatic rings. The molecule has 0 radical (unpaired) electrons. The second-order valence-corrected chi connectivity index (χ2v) is 19.9. The Bertz CT molecular complexity index is 1850. The standard InChI is InChI=1S/C48H72N6O6S/c1-47(2,3)36-53(35-39-24-25-42(61-39)44(56)50(8)28-18-29-51(9)46(59)60-48(4,5)6)30-17-11-14-23-43(55)49(7)33-34-52-31-26-38(27-32-52)54(45(57)58)41-22-16-15-21-40(41)37-19-12-10-13-20-37/h10,12-13,15-16,19-22,24-25,38H,11,14,17-18,23,26-36H2,1-9H3,(H,57,58). The minimum atomic E-state index is -0.932. The van der Waals surface area contributed by atoms with E-state index in [9.17, 15) is 24.3 Å². The molecule has 0 spiro atoms. The van der Waals surface area contributed by atoms with Gasteiger partial charge in [-0.3, -0.25) is 19.4 Å². The van der Waals surface area contributed by atoms with Crippen LogP contribution in [0.3, 0.4) is 0 Å². The van der Waals surface area contributed by atoms with Gasteiger partial charge in [0.25, 0.3) is 5.91 Å². The molecule has 1 N–H and O–H groups in total. The van der Waals surface area contributed by atoms with Crippen LogP contribution in [0.5, 0.6) is 0 Å². The van der Waals surface area contributed by atoms with Gasteiger partial charge in [-0.2, -0.15) is 0 Å². The van der Waals surface area contributed by atoms with Crippen molar-refractivity contribution in [2.75, 3.05) is 78.4 Å². The van der Waals surface area contributed by atoms with E-state index in [1.54, 1.807) is 40.1 Å². The van der Waals surface area contributed by atoms with Crippen molar-refractivity contribution in [1.82, 2.24) is 24.5 Å². The lowest BCUT2D eigenvalue weighted by atomic mass is 9.96. The molecule has 1 aliphatic heterocycles. The second kappa shape index (κ2) is 23.1. The Morgan fingerprint density at radius 2 is 1.41 bits per heavy atom. The van der Waals surface area contributed by atoms with Gasteiger partial charge in [-0.15, -0.1) is 11.3 Å². The molecular weight excluding hydrogens is 789 g/mol. The Balaban J connectivity index is 1.16. The molecule has 1 saturated heterocycles. The first-order valence-corrected chi connectivity index (χ1v) is 22.8. The number of piperidine rings is 1. The number of para-hydroxylation sites is 1. The predicted octanol–water partition coefficient (Wildman–Crippen LogP) is 9.26. The van der Waals surface area contributed by atoms with Gasteiger partial charge in [-0.05, 0) is 88.6 Å². The highest BCUT2D eigenvalue weighted by atomic mass is 32.1. The SMILES string of the molecule is CN(CCN1CCC(N(C(=O)O)c2ccccc2-c2ccccc2)CC1)C(=O)CCCCCN(Cc1ccc(C(=O)N(C)CCCN(C)C(=O)OC(C)(C)C)s1)CC(C)(C)C. The van der Waals surface area contributed by atoms with Crippen LogP contribution in [-0.4, -0.2) is 139 Å². The third-order valence-electron chi connectivity index (χ3n) is 10.9. The molecule has 0 atom stereocenters. The van der Waals surface area contributed by atoms with Crippen LogP contribution in [0.4, 0.5) is 15.3 Å². The maximum atomic E-state index is 13.2. The summed E-state index contributed by atoms with van der Waals surface area (Å²) in [5.74, 6) is 0.147. The van der Waals surface area contributed by atoms with Crippen molar-refractivity contribution < 1.29 is 29.0 Å². The Kier molecular flexibility index (Phi) is 18.6. The number of ether oxygens (including phenoxy) is 1. The van der Waals surface area contributed by atoms with Gasteiger partial charge in [0.2, 0.25) is 5.91 Å². The number of unbranched alkanes of at least 4 members (excludes halogenated alkanes) is 2. The minimum Gasteiger partial charge on any atom is -0.465 e. The summed E-state index contributed by atoms with van der Waals surface area (Å²) in [6.45, 7) is 18.9. The monoisotopic (exact) mass is 861 g/mol. The summed E-state index contributed by atoms with van der Waals surface area (Å²) in [6.07, 6.45) is 4.14. The highest BCUT2D eigenvalue weighted by Crippen LogP contribution is 2.34. The number of carbonyl (C=O) groups is 4. The number of rotatable bonds is 20. The van der Waals surface area contributed by atoms with Gasteiger partial charge in [0.15, 0.2) is 0 Å². The van der Waals surface area contributed by atoms with Crippen LogP contribution in [0.25, 0.3) is 11.1 Å². The Morgan fingerprint density at radius 3 is 2.07 bits per heavy atom. The highest BCUT2D eigenvalue weighted by molar-refractivity contribution is 7.14. The molecule has 13 heteroatoms. The zero-order valence-electron chi connectivity index (χ0n) is 38.3. The fourth-order valence-electron chi connectivity index (χ4n) is 7.75. The molecule has 336 valence electrons. The number of carbonyl (C=O) groups excluding carboxylic acids is 3. The lowest BCUT2D eigenvalue weighted by Crippen LogP contribution is -2.48. The van der Waals surface area contributed by atoms with Crippen molar-refractivity contribution in [2.45, 2.75) is 105 Å². The van der Waals surface area contributed by atoms with E-state index >= 15 is 0 Å². The maximum Gasteiger partial charge on any atom is 0.412 e. The summed E-state index contributed by atoms with van der Waals surface area (Å²) >= 11 is 1.54. The lowest BCUT2D eigenvalue weighted by Gasteiger charge is -2.38. The van der Waals surface area contributed by atoms with Crippen molar-refractivity contribution in [3.63, 3.8) is 0 Å². The van der Waals surface area contributed by atoms with E-state index in [0.717, 1.165) is 93.1 Å². The average Bonchev–Trinajstić information content (AvgIpc) is 3.67. The fourth-order valence-corrected chi connectivity index (χ4v) is 8.79. The number of hydrogen-bond donors (Lipinski definition) is 1. The van der Waals surface area contributed by atoms with Gasteiger partial charge in [-0.1, -0.05) is 75.7 Å². The maximum absolute atomic E-state index is 13.2. The van der Waals surface area contributed by atoms with Crippen molar-refractivity contribution in [3.8, 4) is 11.1 Å². The summed E-state index contributed by atoms with van der Waals surface area (Å²) in [5.41, 5.74) is 2.19. The minimum absolute atomic E-state index is 0.0125. The first kappa shape index (κ1) is 49.2. The van der Waals surface area contributed by atoms with Crippen molar-refractivity contribution >= 4 is 41.0 Å². The quantitative estimate of drug-likeness (QED) is 0.112. The molecule has 0 unspecified atom stereocenters. The van der Waals surface area contributed by atoms with Crippen LogP contribution < -0.4 is 4.90 Å². The van der Waals surface area contributed by atoms with Gasteiger partial charge >= 0.3 is 12.2 Å². The zero-order valence-corrected chi connectivity index (χ0v) is 39.1. The fraction of sp³-hybridized carbons (Fsp3) is 0.583. The van der Waals surface area contributed by atoms with E-state index < -0.39 is 11.7 Å². The number of amides is 4. The Morgan fingerprint density at radius 1 is 0.754 bits per heavy atom. The van der Waals surface area contributed by atoms with Crippen LogP contribution in [0, 0.1) is 5.41 Å². The summed E-state index contributed by atoms with van der Waals surface area (Å²) in [4.78, 5) is 64.6. The number of benzene rings is 2. The summed E-state index contributed by atoms with van der Waals surface area (Å²) in [7, 11) is 5.40. The van der Waals surface area contributed by atoms with Gasteiger partial charge in [0.05, 0.1) is 10.6 Å². The van der Waals surface area contributed by atoms with E-state index in [2.05, 4.69) is 36.6 Å². The number of hydrogen-bond acceptors (Lipinski definition) is 8. The normalized spacial score (nSPS) is 13.9. The third-order valence-corrected chi connectivity index (χ3v) is 12.0. The van der Waals surface area contributed by atoms with Crippen LogP contribution in [-0.2, 0) is 16.1 Å². The number of likely N-dealkylation sites (N-methyl/N-ethyl adjacent to an activating group) is 1. The molecule has 4 amide bonds. The molecule has 0 aliphatic carbocycles. The molecule has 1 fully saturated rings. The van der Waals surface area contributed by atoms with Crippen LogP contribution >= 0.6 is 11.3 Å². The predicted molar refractivity (Wildman–Crippen MR) is 247 cm³/mol. The topological polar surface area (TPSA) is 117 Å². The van der Waals surface area contributed by atoms with E-state index in [-0.39, 0.29) is 29.4 Å². The molecular formula is C48H72N6O6S. The number of anilines is 1. The first-order chi connectivity index (χ1) is 28.8. The highest BCUT2D eigenvalue weighted by Gasteiger charge is 2.31. The molecule has 12 nitrogen and oxygen atoms in total. The number of nitrogens with zero attached hydrogens (tertiary/aromatic N) is 6. The first-order valence-electron chi connectivity index (χ1n) is 21.9. The van der Waals surface area contributed by atoms with Gasteiger partial charge in [-0.25, -0.2) is 9.59 Å². The van der Waals surface area contributed by atoms with Crippen molar-refractivity contribution in [2.24, 2.45) is 5.41 Å². The Labute approximate surface area is 369 Å². The molecule has 0 bridgehead atoms. The van der Waals surface area contributed by atoms with E-state index in [0.29, 0.717) is 37.4 Å². The number of carboxylic acid groups (broad SMARTS) is 1. The van der Waals surface area contributed by atoms with E-state index in [1.165, 1.54) is 0 Å². The van der Waals surface area contributed by atoms with Crippen LogP contribution in [0.15, 0.2) is 66.7 Å². The molecule has 3 aromatic rings. The molecule has 2 heterocycles. The largest absolute Gasteiger partial charge is 0.465 e. The van der Waals surface area contributed by atoms with Gasteiger partial charge in [0.1, 0.15) is 5.60 Å². The molecule has 2 aromatic carbocycles. The molecule has 4 rings (SSSR count). The summed E-state index contributed by atoms with van der Waals surface area (Å²) in [5, 5.41) is 10.3. The van der Waals surface area contributed by atoms with Crippen LogP contribution in [0.2, 0.25) is 0 Å². The number of thiophene rings is 1. The van der Waals surface area contributed by atoms with Gasteiger partial charge < -0.3 is 29.4 Å². The summed E-state index contributed by atoms with van der Waals surface area (Å²) < 4.78 is 5.42. The smallest absolute Gasteiger partial charge is 0.412 e.